The van der Waals surface area contributed by atoms with E-state index in [1.807, 2.05) is 17.6 Å². The molecule has 0 saturated carbocycles. The maximum absolute atomic E-state index is 10.7. The number of rotatable bonds is 7. The molecule has 0 aromatic carbocycles. The molecule has 108 valence electrons. The number of nitrogens with zero attached hydrogens (tertiary/aromatic N) is 3. The summed E-state index contributed by atoms with van der Waals surface area (Å²) >= 11 is 1.13. The Labute approximate surface area is 119 Å². The second-order valence-electron chi connectivity index (χ2n) is 4.02. The van der Waals surface area contributed by atoms with Crippen LogP contribution in [-0.2, 0) is 16.1 Å². The van der Waals surface area contributed by atoms with Crippen LogP contribution in [0.1, 0.15) is 5.76 Å². The lowest BCUT2D eigenvalue weighted by Gasteiger charge is -2.08. The van der Waals surface area contributed by atoms with Crippen molar-refractivity contribution in [3.63, 3.8) is 0 Å². The fourth-order valence-corrected chi connectivity index (χ4v) is 2.41. The first-order chi connectivity index (χ1) is 9.63. The van der Waals surface area contributed by atoms with E-state index in [4.69, 9.17) is 14.3 Å². The molecule has 0 spiro atoms. The number of aryl methyl sites for hydroxylation is 1. The number of methoxy groups -OCH3 is 1. The summed E-state index contributed by atoms with van der Waals surface area (Å²) in [6.45, 7) is 2.88. The lowest BCUT2D eigenvalue weighted by molar-refractivity contribution is -0.133. The number of aliphatic carboxylic acids is 1. The number of carboxylic acid groups (broad SMARTS) is 1. The molecule has 2 aromatic heterocycles. The molecule has 0 aliphatic rings. The molecule has 8 heteroatoms. The van der Waals surface area contributed by atoms with Gasteiger partial charge in [-0.2, -0.15) is 0 Å². The maximum Gasteiger partial charge on any atom is 0.313 e. The van der Waals surface area contributed by atoms with E-state index in [1.165, 1.54) is 0 Å². The molecule has 7 nitrogen and oxygen atoms in total. The summed E-state index contributed by atoms with van der Waals surface area (Å²) in [7, 11) is 1.61. The van der Waals surface area contributed by atoms with Crippen molar-refractivity contribution in [1.29, 1.82) is 0 Å². The van der Waals surface area contributed by atoms with Gasteiger partial charge in [0, 0.05) is 7.11 Å². The van der Waals surface area contributed by atoms with Gasteiger partial charge in [-0.25, -0.2) is 0 Å². The minimum absolute atomic E-state index is 0.0600. The molecule has 0 saturated heterocycles. The van der Waals surface area contributed by atoms with E-state index in [-0.39, 0.29) is 5.75 Å². The average molecular weight is 297 g/mol. The van der Waals surface area contributed by atoms with Gasteiger partial charge < -0.3 is 14.3 Å². The van der Waals surface area contributed by atoms with Crippen LogP contribution in [0.2, 0.25) is 0 Å². The Morgan fingerprint density at radius 1 is 1.55 bits per heavy atom. The van der Waals surface area contributed by atoms with Gasteiger partial charge in [-0.1, -0.05) is 11.8 Å². The number of carbonyl (C=O) groups is 1. The molecule has 0 atom stereocenters. The van der Waals surface area contributed by atoms with Gasteiger partial charge in [0.05, 0.1) is 30.7 Å². The van der Waals surface area contributed by atoms with Crippen LogP contribution in [0.25, 0.3) is 11.4 Å². The summed E-state index contributed by atoms with van der Waals surface area (Å²) < 4.78 is 12.2. The van der Waals surface area contributed by atoms with Crippen LogP contribution < -0.4 is 0 Å². The van der Waals surface area contributed by atoms with Gasteiger partial charge in [-0.05, 0) is 13.0 Å². The molecule has 0 fully saturated rings. The second-order valence-corrected chi connectivity index (χ2v) is 4.97. The maximum atomic E-state index is 10.7. The first-order valence-electron chi connectivity index (χ1n) is 5.94. The Hall–Kier alpha value is -1.80. The van der Waals surface area contributed by atoms with Crippen LogP contribution >= 0.6 is 11.8 Å². The van der Waals surface area contributed by atoms with Gasteiger partial charge in [0.1, 0.15) is 5.76 Å². The van der Waals surface area contributed by atoms with E-state index in [0.717, 1.165) is 23.1 Å². The van der Waals surface area contributed by atoms with E-state index >= 15 is 0 Å². The molecular weight excluding hydrogens is 282 g/mol. The Morgan fingerprint density at radius 3 is 2.95 bits per heavy atom. The predicted octanol–water partition coefficient (Wildman–Crippen LogP) is 1.67. The number of furan rings is 1. The van der Waals surface area contributed by atoms with Crippen molar-refractivity contribution < 1.29 is 19.1 Å². The zero-order chi connectivity index (χ0) is 14.5. The van der Waals surface area contributed by atoms with Gasteiger partial charge in [-0.3, -0.25) is 9.36 Å². The average Bonchev–Trinajstić information content (AvgIpc) is 2.99. The second kappa shape index (κ2) is 6.58. The third-order valence-electron chi connectivity index (χ3n) is 2.66. The lowest BCUT2D eigenvalue weighted by Crippen LogP contribution is -2.08. The number of aromatic nitrogens is 3. The minimum atomic E-state index is -0.891. The van der Waals surface area contributed by atoms with Crippen molar-refractivity contribution in [2.75, 3.05) is 19.5 Å². The van der Waals surface area contributed by atoms with Gasteiger partial charge >= 0.3 is 5.97 Å². The van der Waals surface area contributed by atoms with Crippen LogP contribution in [0.5, 0.6) is 0 Å². The monoisotopic (exact) mass is 297 g/mol. The van der Waals surface area contributed by atoms with Crippen LogP contribution in [0.15, 0.2) is 21.9 Å². The molecule has 20 heavy (non-hydrogen) atoms. The fourth-order valence-electron chi connectivity index (χ4n) is 1.72. The number of ether oxygens (including phenoxy) is 1. The van der Waals surface area contributed by atoms with Gasteiger partial charge in [0.25, 0.3) is 0 Å². The normalized spacial score (nSPS) is 10.9. The third-order valence-corrected chi connectivity index (χ3v) is 3.61. The lowest BCUT2D eigenvalue weighted by atomic mass is 10.2. The Balaban J connectivity index is 2.31. The highest BCUT2D eigenvalue weighted by Gasteiger charge is 2.17. The largest absolute Gasteiger partial charge is 0.481 e. The number of thioether (sulfide) groups is 1. The van der Waals surface area contributed by atoms with Crippen LogP contribution in [0, 0.1) is 6.92 Å². The van der Waals surface area contributed by atoms with E-state index in [1.54, 1.807) is 13.4 Å². The summed E-state index contributed by atoms with van der Waals surface area (Å²) in [5.74, 6) is 0.444. The standard InChI is InChI=1S/C12H15N3O4S/c1-8-9(3-5-19-8)11-13-14-12(20-7-10(16)17)15(11)4-6-18-2/h3,5H,4,6-7H2,1-2H3,(H,16,17). The number of hydrogen-bond donors (Lipinski definition) is 1. The molecule has 2 rings (SSSR count). The highest BCUT2D eigenvalue weighted by molar-refractivity contribution is 7.99. The zero-order valence-electron chi connectivity index (χ0n) is 11.2. The Morgan fingerprint density at radius 2 is 2.35 bits per heavy atom. The summed E-state index contributed by atoms with van der Waals surface area (Å²) in [4.78, 5) is 10.7. The molecule has 0 amide bonds. The smallest absolute Gasteiger partial charge is 0.313 e. The van der Waals surface area contributed by atoms with Gasteiger partial charge in [0.15, 0.2) is 11.0 Å². The van der Waals surface area contributed by atoms with Crippen molar-refractivity contribution in [2.24, 2.45) is 0 Å². The SMILES string of the molecule is COCCn1c(SCC(=O)O)nnc1-c1ccoc1C. The number of hydrogen-bond acceptors (Lipinski definition) is 6. The Bertz CT molecular complexity index is 593. The van der Waals surface area contributed by atoms with Crippen molar-refractivity contribution in [2.45, 2.75) is 18.6 Å². The molecule has 0 bridgehead atoms. The van der Waals surface area contributed by atoms with E-state index in [2.05, 4.69) is 10.2 Å². The molecule has 0 aliphatic carbocycles. The fraction of sp³-hybridized carbons (Fsp3) is 0.417. The first kappa shape index (κ1) is 14.6. The molecule has 2 aromatic rings. The third kappa shape index (κ3) is 3.20. The first-order valence-corrected chi connectivity index (χ1v) is 6.93. The molecule has 0 unspecified atom stereocenters. The van der Waals surface area contributed by atoms with Crippen molar-refractivity contribution >= 4 is 17.7 Å². The molecule has 0 aliphatic heterocycles. The minimum Gasteiger partial charge on any atom is -0.481 e. The highest BCUT2D eigenvalue weighted by atomic mass is 32.2. The molecular formula is C12H15N3O4S. The van der Waals surface area contributed by atoms with Crippen LogP contribution in [-0.4, -0.2) is 45.3 Å². The predicted molar refractivity (Wildman–Crippen MR) is 72.7 cm³/mol. The molecule has 2 heterocycles. The number of carboxylic acids is 1. The van der Waals surface area contributed by atoms with Crippen molar-refractivity contribution in [3.05, 3.63) is 18.1 Å². The summed E-state index contributed by atoms with van der Waals surface area (Å²) in [6, 6.07) is 1.81. The Kier molecular flexibility index (Phi) is 4.80. The molecule has 1 N–H and O–H groups in total. The zero-order valence-corrected chi connectivity index (χ0v) is 12.0. The van der Waals surface area contributed by atoms with Crippen molar-refractivity contribution in [3.8, 4) is 11.4 Å². The van der Waals surface area contributed by atoms with E-state index in [0.29, 0.717) is 24.1 Å². The van der Waals surface area contributed by atoms with E-state index < -0.39 is 5.97 Å². The summed E-state index contributed by atoms with van der Waals surface area (Å²) in [5.41, 5.74) is 0.843. The van der Waals surface area contributed by atoms with E-state index in [9.17, 15) is 4.79 Å². The van der Waals surface area contributed by atoms with Crippen molar-refractivity contribution in [1.82, 2.24) is 14.8 Å². The van der Waals surface area contributed by atoms with Gasteiger partial charge in [0.2, 0.25) is 0 Å². The quantitative estimate of drug-likeness (QED) is 0.777. The molecule has 0 radical (unpaired) electrons. The summed E-state index contributed by atoms with van der Waals surface area (Å²) in [5, 5.41) is 17.5. The van der Waals surface area contributed by atoms with Crippen LogP contribution in [0.4, 0.5) is 0 Å². The van der Waals surface area contributed by atoms with Crippen LogP contribution in [0.3, 0.4) is 0 Å². The van der Waals surface area contributed by atoms with Gasteiger partial charge in [-0.15, -0.1) is 10.2 Å². The summed E-state index contributed by atoms with van der Waals surface area (Å²) in [6.07, 6.45) is 1.59. The topological polar surface area (TPSA) is 90.4 Å². The highest BCUT2D eigenvalue weighted by Crippen LogP contribution is 2.26.